The van der Waals surface area contributed by atoms with Crippen LogP contribution in [-0.4, -0.2) is 78.8 Å². The molecule has 170 valence electrons. The van der Waals surface area contributed by atoms with Gasteiger partial charge in [-0.3, -0.25) is 4.79 Å². The zero-order valence-corrected chi connectivity index (χ0v) is 19.3. The van der Waals surface area contributed by atoms with E-state index in [-0.39, 0.29) is 23.4 Å². The number of amides is 3. The SMILES string of the molecule is CCCN1CCC(C#N)(NC(=O)C(CC(C)(C)C)NC(=O)N2CCOCC2)CC1C. The van der Waals surface area contributed by atoms with Crippen LogP contribution in [0.1, 0.15) is 60.3 Å². The quantitative estimate of drug-likeness (QED) is 0.684. The second-order valence-corrected chi connectivity index (χ2v) is 9.89. The van der Waals surface area contributed by atoms with Crippen LogP contribution in [0.15, 0.2) is 0 Å². The van der Waals surface area contributed by atoms with Gasteiger partial charge in [0.15, 0.2) is 0 Å². The summed E-state index contributed by atoms with van der Waals surface area (Å²) in [6.45, 7) is 14.2. The molecular weight excluding hydrogens is 382 g/mol. The number of ether oxygens (including phenoxy) is 1. The maximum absolute atomic E-state index is 13.3. The predicted octanol–water partition coefficient (Wildman–Crippen LogP) is 2.11. The summed E-state index contributed by atoms with van der Waals surface area (Å²) in [4.78, 5) is 30.0. The van der Waals surface area contributed by atoms with Crippen molar-refractivity contribution < 1.29 is 14.3 Å². The summed E-state index contributed by atoms with van der Waals surface area (Å²) >= 11 is 0. The van der Waals surface area contributed by atoms with Crippen LogP contribution >= 0.6 is 0 Å². The van der Waals surface area contributed by atoms with Gasteiger partial charge in [0.05, 0.1) is 19.3 Å². The molecule has 2 fully saturated rings. The van der Waals surface area contributed by atoms with Gasteiger partial charge in [-0.15, -0.1) is 0 Å². The van der Waals surface area contributed by atoms with Gasteiger partial charge in [-0.25, -0.2) is 4.79 Å². The molecule has 2 saturated heterocycles. The average Bonchev–Trinajstić information content (AvgIpc) is 2.69. The molecule has 0 radical (unpaired) electrons. The molecule has 3 unspecified atom stereocenters. The number of carbonyl (C=O) groups excluding carboxylic acids is 2. The summed E-state index contributed by atoms with van der Waals surface area (Å²) in [5.74, 6) is -0.274. The lowest BCUT2D eigenvalue weighted by atomic mass is 9.83. The minimum absolute atomic E-state index is 0.155. The van der Waals surface area contributed by atoms with Crippen molar-refractivity contribution in [2.45, 2.75) is 77.9 Å². The van der Waals surface area contributed by atoms with E-state index < -0.39 is 11.6 Å². The number of rotatable bonds is 6. The number of nitrogens with zero attached hydrogens (tertiary/aromatic N) is 3. The number of nitrogens with one attached hydrogen (secondary N) is 2. The van der Waals surface area contributed by atoms with Crippen LogP contribution in [0.4, 0.5) is 4.79 Å². The summed E-state index contributed by atoms with van der Waals surface area (Å²) in [7, 11) is 0. The first kappa shape index (κ1) is 24.4. The third-order valence-electron chi connectivity index (χ3n) is 5.91. The number of urea groups is 1. The van der Waals surface area contributed by atoms with Crippen molar-refractivity contribution in [3.63, 3.8) is 0 Å². The van der Waals surface area contributed by atoms with Gasteiger partial charge in [-0.1, -0.05) is 27.7 Å². The lowest BCUT2D eigenvalue weighted by molar-refractivity contribution is -0.125. The average molecular weight is 422 g/mol. The number of likely N-dealkylation sites (tertiary alicyclic amines) is 1. The highest BCUT2D eigenvalue weighted by Crippen LogP contribution is 2.28. The molecule has 2 aliphatic heterocycles. The van der Waals surface area contributed by atoms with Crippen molar-refractivity contribution in [3.8, 4) is 6.07 Å². The Labute approximate surface area is 181 Å². The largest absolute Gasteiger partial charge is 0.378 e. The van der Waals surface area contributed by atoms with Crippen LogP contribution in [0.2, 0.25) is 0 Å². The summed E-state index contributed by atoms with van der Waals surface area (Å²) in [5.41, 5.74) is -1.04. The first-order valence-corrected chi connectivity index (χ1v) is 11.2. The van der Waals surface area contributed by atoms with Crippen molar-refractivity contribution >= 4 is 11.9 Å². The molecule has 0 aromatic heterocycles. The molecule has 0 bridgehead atoms. The minimum Gasteiger partial charge on any atom is -0.378 e. The van der Waals surface area contributed by atoms with E-state index in [0.717, 1.165) is 19.5 Å². The zero-order valence-electron chi connectivity index (χ0n) is 19.3. The van der Waals surface area contributed by atoms with Crippen LogP contribution in [0.25, 0.3) is 0 Å². The fraction of sp³-hybridized carbons (Fsp3) is 0.864. The van der Waals surface area contributed by atoms with Gasteiger partial charge in [-0.05, 0) is 44.6 Å². The molecule has 2 N–H and O–H groups in total. The number of hydrogen-bond acceptors (Lipinski definition) is 5. The fourth-order valence-corrected chi connectivity index (χ4v) is 4.30. The van der Waals surface area contributed by atoms with Gasteiger partial charge in [0.2, 0.25) is 5.91 Å². The van der Waals surface area contributed by atoms with Crippen molar-refractivity contribution in [2.75, 3.05) is 39.4 Å². The highest BCUT2D eigenvalue weighted by atomic mass is 16.5. The third-order valence-corrected chi connectivity index (χ3v) is 5.91. The fourth-order valence-electron chi connectivity index (χ4n) is 4.30. The number of hydrogen-bond donors (Lipinski definition) is 2. The number of morpholine rings is 1. The summed E-state index contributed by atoms with van der Waals surface area (Å²) in [6, 6.07) is 1.67. The molecule has 0 spiro atoms. The van der Waals surface area contributed by atoms with E-state index >= 15 is 0 Å². The Morgan fingerprint density at radius 2 is 1.93 bits per heavy atom. The maximum Gasteiger partial charge on any atom is 0.318 e. The molecule has 2 heterocycles. The van der Waals surface area contributed by atoms with Gasteiger partial charge in [0, 0.05) is 25.7 Å². The Kier molecular flexibility index (Phi) is 8.51. The molecule has 8 nitrogen and oxygen atoms in total. The normalized spacial score (nSPS) is 26.5. The third kappa shape index (κ3) is 6.85. The van der Waals surface area contributed by atoms with Gasteiger partial charge in [0.25, 0.3) is 0 Å². The zero-order chi connectivity index (χ0) is 22.4. The molecule has 3 atom stereocenters. The lowest BCUT2D eigenvalue weighted by Gasteiger charge is -2.43. The van der Waals surface area contributed by atoms with Gasteiger partial charge < -0.3 is 25.2 Å². The standard InChI is InChI=1S/C22H39N5O3/c1-6-8-26-9-7-22(16-23,14-17(26)2)25-19(28)18(15-21(3,4)5)24-20(29)27-10-12-30-13-11-27/h17-18H,6-15H2,1-5H3,(H,24,29)(H,25,28). The topological polar surface area (TPSA) is 97.7 Å². The molecule has 8 heteroatoms. The molecule has 0 aromatic carbocycles. The van der Waals surface area contributed by atoms with E-state index in [1.807, 2.05) is 20.8 Å². The Morgan fingerprint density at radius 1 is 1.27 bits per heavy atom. The summed E-state index contributed by atoms with van der Waals surface area (Å²) < 4.78 is 5.31. The van der Waals surface area contributed by atoms with E-state index in [2.05, 4.69) is 35.5 Å². The molecule has 0 aliphatic carbocycles. The van der Waals surface area contributed by atoms with E-state index in [0.29, 0.717) is 45.6 Å². The van der Waals surface area contributed by atoms with Crippen molar-refractivity contribution in [2.24, 2.45) is 5.41 Å². The van der Waals surface area contributed by atoms with Crippen LogP contribution in [-0.2, 0) is 9.53 Å². The number of carbonyl (C=O) groups is 2. The van der Waals surface area contributed by atoms with Crippen molar-refractivity contribution in [1.29, 1.82) is 5.26 Å². The Bertz CT molecular complexity index is 636. The van der Waals surface area contributed by atoms with E-state index in [1.165, 1.54) is 0 Å². The predicted molar refractivity (Wildman–Crippen MR) is 116 cm³/mol. The lowest BCUT2D eigenvalue weighted by Crippen LogP contribution is -2.62. The molecule has 0 aromatic rings. The molecular formula is C22H39N5O3. The summed E-state index contributed by atoms with van der Waals surface area (Å²) in [6.07, 6.45) is 2.75. The van der Waals surface area contributed by atoms with E-state index in [9.17, 15) is 14.9 Å². The van der Waals surface area contributed by atoms with E-state index in [4.69, 9.17) is 4.74 Å². The van der Waals surface area contributed by atoms with Crippen molar-refractivity contribution in [1.82, 2.24) is 20.4 Å². The second-order valence-electron chi connectivity index (χ2n) is 9.89. The van der Waals surface area contributed by atoms with Crippen LogP contribution in [0.5, 0.6) is 0 Å². The smallest absolute Gasteiger partial charge is 0.318 e. The van der Waals surface area contributed by atoms with Crippen LogP contribution < -0.4 is 10.6 Å². The molecule has 2 rings (SSSR count). The van der Waals surface area contributed by atoms with Gasteiger partial charge in [-0.2, -0.15) is 5.26 Å². The van der Waals surface area contributed by atoms with Crippen LogP contribution in [0.3, 0.4) is 0 Å². The maximum atomic E-state index is 13.3. The number of nitriles is 1. The molecule has 2 aliphatic rings. The number of piperidine rings is 1. The van der Waals surface area contributed by atoms with Gasteiger partial charge in [0.1, 0.15) is 11.6 Å². The van der Waals surface area contributed by atoms with E-state index in [1.54, 1.807) is 4.90 Å². The van der Waals surface area contributed by atoms with Gasteiger partial charge >= 0.3 is 6.03 Å². The molecule has 0 saturated carbocycles. The molecule has 30 heavy (non-hydrogen) atoms. The Morgan fingerprint density at radius 3 is 2.47 bits per heavy atom. The highest BCUT2D eigenvalue weighted by Gasteiger charge is 2.41. The first-order chi connectivity index (χ1) is 14.1. The molecule has 3 amide bonds. The van der Waals surface area contributed by atoms with Crippen LogP contribution in [0, 0.1) is 16.7 Å². The Hall–Kier alpha value is -1.85. The van der Waals surface area contributed by atoms with Crippen molar-refractivity contribution in [3.05, 3.63) is 0 Å². The Balaban J connectivity index is 2.08. The highest BCUT2D eigenvalue weighted by molar-refractivity contribution is 5.88. The minimum atomic E-state index is -0.888. The first-order valence-electron chi connectivity index (χ1n) is 11.2. The monoisotopic (exact) mass is 421 g/mol. The second kappa shape index (κ2) is 10.5. The summed E-state index contributed by atoms with van der Waals surface area (Å²) in [5, 5.41) is 15.9.